The number of aromatic nitrogens is 1. The molecule has 26 heavy (non-hydrogen) atoms. The normalized spacial score (nSPS) is 10.8. The molecule has 0 radical (unpaired) electrons. The number of primary amides is 1. The fourth-order valence-electron chi connectivity index (χ4n) is 2.84. The molecule has 3 N–H and O–H groups in total. The standard InChI is InChI=1S/C19H19N3O3S/c1-11-12(2)26-19(17(11)18(20)25)21-15(23)7-8-16(24)22-10-9-13-5-3-4-6-14(13)22/h3-6,9-10H,7-8H2,1-2H3,(H2,20,25)(H,21,23). The minimum Gasteiger partial charge on any atom is -0.365 e. The van der Waals surface area contributed by atoms with Crippen LogP contribution < -0.4 is 11.1 Å². The van der Waals surface area contributed by atoms with E-state index in [1.165, 1.54) is 11.3 Å². The summed E-state index contributed by atoms with van der Waals surface area (Å²) in [7, 11) is 0. The number of nitrogens with one attached hydrogen (secondary N) is 1. The third-order valence-corrected chi connectivity index (χ3v) is 5.44. The molecule has 134 valence electrons. The Labute approximate surface area is 154 Å². The summed E-state index contributed by atoms with van der Waals surface area (Å²) in [6, 6.07) is 9.43. The van der Waals surface area contributed by atoms with Gasteiger partial charge in [0.25, 0.3) is 5.91 Å². The molecule has 3 aromatic rings. The Bertz CT molecular complexity index is 1020. The van der Waals surface area contributed by atoms with Gasteiger partial charge in [0, 0.05) is 29.3 Å². The molecule has 0 saturated heterocycles. The van der Waals surface area contributed by atoms with Crippen LogP contribution in [0, 0.1) is 13.8 Å². The SMILES string of the molecule is Cc1sc(NC(=O)CCC(=O)n2ccc3ccccc32)c(C(N)=O)c1C. The van der Waals surface area contributed by atoms with Gasteiger partial charge in [-0.25, -0.2) is 0 Å². The van der Waals surface area contributed by atoms with Crippen LogP contribution >= 0.6 is 11.3 Å². The summed E-state index contributed by atoms with van der Waals surface area (Å²) in [6.45, 7) is 3.66. The molecule has 0 aliphatic rings. The fraction of sp³-hybridized carbons (Fsp3) is 0.211. The molecule has 7 heteroatoms. The molecule has 0 unspecified atom stereocenters. The summed E-state index contributed by atoms with van der Waals surface area (Å²) in [4.78, 5) is 37.2. The summed E-state index contributed by atoms with van der Waals surface area (Å²) in [5, 5.41) is 4.12. The zero-order valence-electron chi connectivity index (χ0n) is 14.5. The van der Waals surface area contributed by atoms with Crippen molar-refractivity contribution in [2.45, 2.75) is 26.7 Å². The van der Waals surface area contributed by atoms with Gasteiger partial charge in [0.05, 0.1) is 11.1 Å². The number of para-hydroxylation sites is 1. The Kier molecular flexibility index (Phi) is 4.90. The molecule has 0 atom stereocenters. The number of carbonyl (C=O) groups excluding carboxylic acids is 3. The summed E-state index contributed by atoms with van der Waals surface area (Å²) in [5.74, 6) is -1.05. The van der Waals surface area contributed by atoms with Crippen LogP contribution in [0.4, 0.5) is 5.00 Å². The Morgan fingerprint density at radius 3 is 2.58 bits per heavy atom. The number of aryl methyl sites for hydroxylation is 1. The predicted octanol–water partition coefficient (Wildman–Crippen LogP) is 3.48. The van der Waals surface area contributed by atoms with Gasteiger partial charge in [-0.2, -0.15) is 0 Å². The average molecular weight is 369 g/mol. The van der Waals surface area contributed by atoms with Crippen molar-refractivity contribution in [1.29, 1.82) is 0 Å². The molecule has 0 fully saturated rings. The minimum atomic E-state index is -0.572. The first-order valence-corrected chi connectivity index (χ1v) is 8.99. The van der Waals surface area contributed by atoms with Crippen molar-refractivity contribution in [3.8, 4) is 0 Å². The number of carbonyl (C=O) groups is 3. The number of thiophene rings is 1. The van der Waals surface area contributed by atoms with Gasteiger partial charge in [0.15, 0.2) is 0 Å². The molecule has 0 aliphatic heterocycles. The van der Waals surface area contributed by atoms with Crippen LogP contribution in [0.15, 0.2) is 36.5 Å². The van der Waals surface area contributed by atoms with Gasteiger partial charge in [0.2, 0.25) is 11.8 Å². The highest BCUT2D eigenvalue weighted by molar-refractivity contribution is 7.16. The number of anilines is 1. The second-order valence-corrected chi connectivity index (χ2v) is 7.26. The van der Waals surface area contributed by atoms with Crippen molar-refractivity contribution >= 4 is 45.0 Å². The van der Waals surface area contributed by atoms with Gasteiger partial charge < -0.3 is 11.1 Å². The Morgan fingerprint density at radius 1 is 1.12 bits per heavy atom. The van der Waals surface area contributed by atoms with E-state index in [0.717, 1.165) is 21.3 Å². The second kappa shape index (κ2) is 7.13. The van der Waals surface area contributed by atoms with Crippen molar-refractivity contribution in [3.63, 3.8) is 0 Å². The Balaban J connectivity index is 1.67. The van der Waals surface area contributed by atoms with Crippen molar-refractivity contribution < 1.29 is 14.4 Å². The number of fused-ring (bicyclic) bond motifs is 1. The third kappa shape index (κ3) is 3.39. The van der Waals surface area contributed by atoms with E-state index < -0.39 is 5.91 Å². The maximum atomic E-state index is 12.4. The molecule has 0 bridgehead atoms. The number of hydrogen-bond donors (Lipinski definition) is 2. The van der Waals surface area contributed by atoms with E-state index in [1.807, 2.05) is 37.3 Å². The first-order chi connectivity index (χ1) is 12.4. The topological polar surface area (TPSA) is 94.2 Å². The van der Waals surface area contributed by atoms with E-state index in [9.17, 15) is 14.4 Å². The van der Waals surface area contributed by atoms with Gasteiger partial charge in [-0.3, -0.25) is 19.0 Å². The summed E-state index contributed by atoms with van der Waals surface area (Å²) >= 11 is 1.31. The molecule has 0 saturated carbocycles. The number of amides is 2. The maximum Gasteiger partial charge on any atom is 0.251 e. The highest BCUT2D eigenvalue weighted by Crippen LogP contribution is 2.32. The molecular weight excluding hydrogens is 350 g/mol. The van der Waals surface area contributed by atoms with E-state index in [0.29, 0.717) is 10.6 Å². The summed E-state index contributed by atoms with van der Waals surface area (Å²) in [5.41, 5.74) is 7.33. The molecule has 3 rings (SSSR count). The van der Waals surface area contributed by atoms with Gasteiger partial charge >= 0.3 is 0 Å². The van der Waals surface area contributed by atoms with Crippen molar-refractivity contribution in [1.82, 2.24) is 4.57 Å². The first-order valence-electron chi connectivity index (χ1n) is 8.17. The lowest BCUT2D eigenvalue weighted by Gasteiger charge is -2.06. The lowest BCUT2D eigenvalue weighted by molar-refractivity contribution is -0.116. The Morgan fingerprint density at radius 2 is 1.85 bits per heavy atom. The van der Waals surface area contributed by atoms with Crippen LogP contribution in [0.2, 0.25) is 0 Å². The molecule has 1 aromatic carbocycles. The number of nitrogens with zero attached hydrogens (tertiary/aromatic N) is 1. The fourth-order valence-corrected chi connectivity index (χ4v) is 3.92. The lowest BCUT2D eigenvalue weighted by atomic mass is 10.1. The van der Waals surface area contributed by atoms with Gasteiger partial charge in [-0.05, 0) is 31.5 Å². The van der Waals surface area contributed by atoms with Crippen molar-refractivity contribution in [3.05, 3.63) is 52.5 Å². The number of rotatable bonds is 5. The maximum absolute atomic E-state index is 12.4. The molecule has 2 heterocycles. The van der Waals surface area contributed by atoms with Gasteiger partial charge in [0.1, 0.15) is 5.00 Å². The molecule has 0 spiro atoms. The molecular formula is C19H19N3O3S. The van der Waals surface area contributed by atoms with Gasteiger partial charge in [-0.1, -0.05) is 18.2 Å². The average Bonchev–Trinajstić information content (AvgIpc) is 3.14. The lowest BCUT2D eigenvalue weighted by Crippen LogP contribution is -2.19. The first kappa shape index (κ1) is 17.9. The predicted molar refractivity (Wildman–Crippen MR) is 103 cm³/mol. The third-order valence-electron chi connectivity index (χ3n) is 4.32. The highest BCUT2D eigenvalue weighted by atomic mass is 32.1. The van der Waals surface area contributed by atoms with Crippen LogP contribution in [0.25, 0.3) is 10.9 Å². The second-order valence-electron chi connectivity index (χ2n) is 6.04. The van der Waals surface area contributed by atoms with Crippen LogP contribution in [-0.2, 0) is 4.79 Å². The minimum absolute atomic E-state index is 0.0273. The number of nitrogens with two attached hydrogens (primary N) is 1. The van der Waals surface area contributed by atoms with E-state index in [1.54, 1.807) is 17.7 Å². The van der Waals surface area contributed by atoms with Crippen LogP contribution in [0.3, 0.4) is 0 Å². The van der Waals surface area contributed by atoms with E-state index in [2.05, 4.69) is 5.32 Å². The van der Waals surface area contributed by atoms with E-state index in [-0.39, 0.29) is 24.7 Å². The van der Waals surface area contributed by atoms with Crippen molar-refractivity contribution in [2.75, 3.05) is 5.32 Å². The zero-order chi connectivity index (χ0) is 18.8. The highest BCUT2D eigenvalue weighted by Gasteiger charge is 2.19. The largest absolute Gasteiger partial charge is 0.365 e. The Hall–Kier alpha value is -2.93. The monoisotopic (exact) mass is 369 g/mol. The van der Waals surface area contributed by atoms with Crippen LogP contribution in [0.1, 0.15) is 38.4 Å². The van der Waals surface area contributed by atoms with Crippen LogP contribution in [0.5, 0.6) is 0 Å². The van der Waals surface area contributed by atoms with E-state index in [4.69, 9.17) is 5.73 Å². The molecule has 0 aliphatic carbocycles. The van der Waals surface area contributed by atoms with Gasteiger partial charge in [-0.15, -0.1) is 11.3 Å². The molecule has 2 aromatic heterocycles. The smallest absolute Gasteiger partial charge is 0.251 e. The number of hydrogen-bond acceptors (Lipinski definition) is 4. The number of benzene rings is 1. The quantitative estimate of drug-likeness (QED) is 0.721. The summed E-state index contributed by atoms with van der Waals surface area (Å²) < 4.78 is 1.55. The van der Waals surface area contributed by atoms with Crippen molar-refractivity contribution in [2.24, 2.45) is 5.73 Å². The van der Waals surface area contributed by atoms with E-state index >= 15 is 0 Å². The van der Waals surface area contributed by atoms with Crippen LogP contribution in [-0.4, -0.2) is 22.3 Å². The summed E-state index contributed by atoms with van der Waals surface area (Å²) in [6.07, 6.45) is 1.81. The zero-order valence-corrected chi connectivity index (χ0v) is 15.4. The molecule has 6 nitrogen and oxygen atoms in total. The molecule has 2 amide bonds.